The van der Waals surface area contributed by atoms with Crippen LogP contribution in [0.25, 0.3) is 10.9 Å². The summed E-state index contributed by atoms with van der Waals surface area (Å²) in [6.07, 6.45) is 0.869. The first kappa shape index (κ1) is 26.8. The van der Waals surface area contributed by atoms with Gasteiger partial charge in [-0.15, -0.1) is 0 Å². The van der Waals surface area contributed by atoms with Crippen molar-refractivity contribution in [3.05, 3.63) is 88.8 Å². The zero-order chi connectivity index (χ0) is 28.9. The molecule has 1 aromatic heterocycles. The number of ether oxygens (including phenoxy) is 2. The molecule has 0 saturated carbocycles. The average Bonchev–Trinajstić information content (AvgIpc) is 3.46. The monoisotopic (exact) mass is 556 g/mol. The average molecular weight is 557 g/mol. The minimum atomic E-state index is -1.28. The minimum Gasteiger partial charge on any atom is -0.595 e. The molecule has 41 heavy (non-hydrogen) atoms. The maximum absolute atomic E-state index is 14.1. The number of carbonyl (C=O) groups excluding carboxylic acids is 2. The first-order valence-electron chi connectivity index (χ1n) is 13.8. The Morgan fingerprint density at radius 2 is 1.80 bits per heavy atom. The van der Waals surface area contributed by atoms with Gasteiger partial charge in [-0.2, -0.15) is 5.23 Å². The largest absolute Gasteiger partial charge is 0.595 e. The standard InChI is InChI=1S/C31H32N4O6/c1-4-16-41-25-15-10-19(17-26(25)40-5-2)23-18-33-30(37)34(20-11-13-21(14-12-20)35(38)39)29(36)31(33,3)28-27(23)22-8-6-7-9-24(22)32-28/h6-15,17,23,32,35,38H,4-5,16,18H2,1-3H3. The van der Waals surface area contributed by atoms with Crippen molar-refractivity contribution in [2.45, 2.75) is 38.6 Å². The van der Waals surface area contributed by atoms with Crippen LogP contribution >= 0.6 is 0 Å². The molecule has 3 aromatic carbocycles. The smallest absolute Gasteiger partial charge is 0.332 e. The molecule has 0 aliphatic carbocycles. The highest BCUT2D eigenvalue weighted by Crippen LogP contribution is 2.51. The lowest BCUT2D eigenvalue weighted by atomic mass is 9.78. The first-order valence-corrected chi connectivity index (χ1v) is 13.8. The summed E-state index contributed by atoms with van der Waals surface area (Å²) in [5.41, 5.74) is 2.57. The molecule has 0 radical (unpaired) electrons. The summed E-state index contributed by atoms with van der Waals surface area (Å²) in [4.78, 5) is 34.4. The van der Waals surface area contributed by atoms with Crippen molar-refractivity contribution < 1.29 is 29.5 Å². The Hall–Kier alpha value is -4.38. The second-order valence-electron chi connectivity index (χ2n) is 10.5. The zero-order valence-corrected chi connectivity index (χ0v) is 23.1. The van der Waals surface area contributed by atoms with E-state index in [2.05, 4.69) is 4.98 Å². The van der Waals surface area contributed by atoms with Gasteiger partial charge >= 0.3 is 6.03 Å². The fourth-order valence-electron chi connectivity index (χ4n) is 6.01. The van der Waals surface area contributed by atoms with Crippen molar-refractivity contribution in [2.24, 2.45) is 0 Å². The Morgan fingerprint density at radius 1 is 1.05 bits per heavy atom. The molecule has 3 amide bonds. The number of carbonyl (C=O) groups is 2. The summed E-state index contributed by atoms with van der Waals surface area (Å²) in [6.45, 7) is 7.05. The van der Waals surface area contributed by atoms with Crippen LogP contribution in [0, 0.1) is 5.21 Å². The van der Waals surface area contributed by atoms with Crippen molar-refractivity contribution in [3.63, 3.8) is 0 Å². The molecule has 2 aliphatic heterocycles. The molecule has 212 valence electrons. The number of imide groups is 1. The van der Waals surface area contributed by atoms with E-state index in [4.69, 9.17) is 9.47 Å². The fraction of sp³-hybridized carbons (Fsp3) is 0.290. The van der Waals surface area contributed by atoms with Gasteiger partial charge in [0.2, 0.25) is 0 Å². The van der Waals surface area contributed by atoms with Gasteiger partial charge in [-0.3, -0.25) is 4.79 Å². The Morgan fingerprint density at radius 3 is 2.51 bits per heavy atom. The molecule has 0 bridgehead atoms. The highest BCUT2D eigenvalue weighted by molar-refractivity contribution is 6.23. The van der Waals surface area contributed by atoms with Crippen LogP contribution in [0.1, 0.15) is 49.9 Å². The van der Waals surface area contributed by atoms with E-state index in [1.807, 2.05) is 56.3 Å². The number of benzene rings is 3. The number of fused-ring (bicyclic) bond motifs is 5. The summed E-state index contributed by atoms with van der Waals surface area (Å²) < 4.78 is 11.9. The number of nitrogens with one attached hydrogen (secondary N) is 2. The van der Waals surface area contributed by atoms with Crippen LogP contribution in [0.15, 0.2) is 66.7 Å². The highest BCUT2D eigenvalue weighted by Gasteiger charge is 2.60. The van der Waals surface area contributed by atoms with Crippen LogP contribution in [0.5, 0.6) is 11.5 Å². The number of nitrogens with zero attached hydrogens (tertiary/aromatic N) is 2. The van der Waals surface area contributed by atoms with E-state index >= 15 is 0 Å². The van der Waals surface area contributed by atoms with Crippen LogP contribution in [0.3, 0.4) is 0 Å². The summed E-state index contributed by atoms with van der Waals surface area (Å²) in [5, 5.41) is 20.6. The number of aromatic nitrogens is 1. The van der Waals surface area contributed by atoms with E-state index in [-0.39, 0.29) is 18.2 Å². The third-order valence-electron chi connectivity index (χ3n) is 8.03. The molecule has 6 rings (SSSR count). The maximum atomic E-state index is 14.1. The molecule has 0 spiro atoms. The third-order valence-corrected chi connectivity index (χ3v) is 8.03. The lowest BCUT2D eigenvalue weighted by molar-refractivity contribution is -0.991. The number of amides is 3. The second-order valence-corrected chi connectivity index (χ2v) is 10.5. The first-order chi connectivity index (χ1) is 19.8. The minimum absolute atomic E-state index is 0.0752. The van der Waals surface area contributed by atoms with Gasteiger partial charge in [0.05, 0.1) is 24.6 Å². The van der Waals surface area contributed by atoms with Crippen LogP contribution in [0.4, 0.5) is 16.2 Å². The SMILES string of the molecule is CCCOc1ccc(C2CN3C(=O)N(c4ccc([NH+]([O-])O)cc4)C(=O)C3(C)c3[nH]c4ccccc4c32)cc1OCC. The second kappa shape index (κ2) is 10.2. The number of rotatable bonds is 8. The van der Waals surface area contributed by atoms with Crippen LogP contribution in [-0.2, 0) is 10.3 Å². The van der Waals surface area contributed by atoms with E-state index < -0.39 is 22.7 Å². The summed E-state index contributed by atoms with van der Waals surface area (Å²) in [5.74, 6) is 0.660. The van der Waals surface area contributed by atoms with Crippen molar-refractivity contribution in [1.29, 1.82) is 0 Å². The number of H-pyrrole nitrogens is 1. The van der Waals surface area contributed by atoms with Gasteiger partial charge in [-0.05, 0) is 61.7 Å². The topological polar surface area (TPSA) is 123 Å². The zero-order valence-electron chi connectivity index (χ0n) is 23.1. The van der Waals surface area contributed by atoms with Crippen molar-refractivity contribution >= 4 is 34.2 Å². The molecule has 2 aliphatic rings. The number of hydrogen-bond acceptors (Lipinski definition) is 6. The van der Waals surface area contributed by atoms with Gasteiger partial charge in [0.15, 0.2) is 22.7 Å². The predicted molar refractivity (Wildman–Crippen MR) is 153 cm³/mol. The summed E-state index contributed by atoms with van der Waals surface area (Å²) >= 11 is 0. The maximum Gasteiger partial charge on any atom is 0.332 e. The van der Waals surface area contributed by atoms with E-state index in [0.717, 1.165) is 33.4 Å². The Labute approximate surface area is 237 Å². The molecular weight excluding hydrogens is 524 g/mol. The molecule has 1 saturated heterocycles. The Kier molecular flexibility index (Phi) is 6.69. The number of anilines is 1. The van der Waals surface area contributed by atoms with Crippen molar-refractivity contribution in [2.75, 3.05) is 24.7 Å². The molecule has 3 heterocycles. The van der Waals surface area contributed by atoms with E-state index in [9.17, 15) is 20.0 Å². The molecular formula is C31H32N4O6. The van der Waals surface area contributed by atoms with Gasteiger partial charge in [0.1, 0.15) is 0 Å². The normalized spacial score (nSPS) is 20.8. The van der Waals surface area contributed by atoms with Gasteiger partial charge in [0, 0.05) is 35.5 Å². The van der Waals surface area contributed by atoms with Crippen molar-refractivity contribution in [1.82, 2.24) is 9.88 Å². The number of hydrogen-bond donors (Lipinski definition) is 3. The number of aromatic amines is 1. The van der Waals surface area contributed by atoms with Gasteiger partial charge in [0.25, 0.3) is 5.91 Å². The van der Waals surface area contributed by atoms with Crippen LogP contribution in [0.2, 0.25) is 0 Å². The Balaban J connectivity index is 1.49. The lowest BCUT2D eigenvalue weighted by Crippen LogP contribution is -2.99. The van der Waals surface area contributed by atoms with Crippen LogP contribution < -0.4 is 19.6 Å². The van der Waals surface area contributed by atoms with Gasteiger partial charge in [-0.1, -0.05) is 31.2 Å². The fourth-order valence-corrected chi connectivity index (χ4v) is 6.01. The molecule has 3 N–H and O–H groups in total. The van der Waals surface area contributed by atoms with E-state index in [1.54, 1.807) is 11.8 Å². The number of para-hydroxylation sites is 1. The van der Waals surface area contributed by atoms with Crippen molar-refractivity contribution in [3.8, 4) is 11.5 Å². The molecule has 10 nitrogen and oxygen atoms in total. The summed E-state index contributed by atoms with van der Waals surface area (Å²) in [6, 6.07) is 19.1. The Bertz CT molecular complexity index is 1630. The van der Waals surface area contributed by atoms with Crippen LogP contribution in [-0.4, -0.2) is 46.8 Å². The molecule has 1 fully saturated rings. The highest BCUT2D eigenvalue weighted by atomic mass is 16.8. The third kappa shape index (κ3) is 4.14. The van der Waals surface area contributed by atoms with Gasteiger partial charge in [-0.25, -0.2) is 14.9 Å². The van der Waals surface area contributed by atoms with E-state index in [1.165, 1.54) is 24.3 Å². The molecule has 3 unspecified atom stereocenters. The predicted octanol–water partition coefficient (Wildman–Crippen LogP) is 4.59. The lowest BCUT2D eigenvalue weighted by Gasteiger charge is -2.40. The summed E-state index contributed by atoms with van der Waals surface area (Å²) in [7, 11) is 0. The molecule has 10 heteroatoms. The quantitative estimate of drug-likeness (QED) is 0.216. The van der Waals surface area contributed by atoms with E-state index in [0.29, 0.717) is 36.1 Å². The number of urea groups is 1. The van der Waals surface area contributed by atoms with Gasteiger partial charge < -0.3 is 24.6 Å². The molecule has 4 aromatic rings. The number of quaternary nitrogens is 1. The molecule has 3 atom stereocenters.